The van der Waals surface area contributed by atoms with E-state index < -0.39 is 7.60 Å². The third-order valence-corrected chi connectivity index (χ3v) is 2.43. The molecule has 4 nitrogen and oxygen atoms in total. The molecule has 0 aromatic heterocycles. The van der Waals surface area contributed by atoms with Gasteiger partial charge in [-0.05, 0) is 30.3 Å². The largest absolute Gasteiger partial charge is 1.00 e. The molecule has 2 N–H and O–H groups in total. The van der Waals surface area contributed by atoms with E-state index in [4.69, 9.17) is 5.73 Å². The van der Waals surface area contributed by atoms with Crippen molar-refractivity contribution in [1.29, 1.82) is 0 Å². The zero-order valence-corrected chi connectivity index (χ0v) is 13.9. The Morgan fingerprint density at radius 2 is 1.60 bits per heavy atom. The average molecular weight is 245 g/mol. The van der Waals surface area contributed by atoms with Gasteiger partial charge in [0.1, 0.15) is 0 Å². The van der Waals surface area contributed by atoms with E-state index in [1.807, 2.05) is 0 Å². The molecule has 0 aliphatic carbocycles. The molecular formula is C8H10NNa2O3P. The zero-order valence-electron chi connectivity index (χ0n) is 8.97. The van der Waals surface area contributed by atoms with E-state index in [0.717, 1.165) is 5.56 Å². The Bertz CT molecular complexity index is 325. The van der Waals surface area contributed by atoms with Crippen molar-refractivity contribution in [2.75, 3.05) is 11.9 Å². The van der Waals surface area contributed by atoms with Crippen molar-refractivity contribution in [2.24, 2.45) is 0 Å². The predicted molar refractivity (Wildman–Crippen MR) is 47.0 cm³/mol. The van der Waals surface area contributed by atoms with Gasteiger partial charge in [-0.3, -0.25) is 0 Å². The van der Waals surface area contributed by atoms with Crippen molar-refractivity contribution in [3.63, 3.8) is 0 Å². The Morgan fingerprint density at radius 3 is 2.00 bits per heavy atom. The minimum absolute atomic E-state index is 0. The molecule has 0 aliphatic heterocycles. The molecule has 0 radical (unpaired) electrons. The van der Waals surface area contributed by atoms with Gasteiger partial charge in [0.2, 0.25) is 0 Å². The molecular weight excluding hydrogens is 235 g/mol. The fourth-order valence-corrected chi connectivity index (χ4v) is 1.48. The average Bonchev–Trinajstić information content (AvgIpc) is 2.02. The van der Waals surface area contributed by atoms with E-state index in [0.29, 0.717) is 5.69 Å². The first-order valence-corrected chi connectivity index (χ1v) is 5.56. The second-order valence-electron chi connectivity index (χ2n) is 2.83. The van der Waals surface area contributed by atoms with E-state index in [2.05, 4.69) is 0 Å². The van der Waals surface area contributed by atoms with Crippen LogP contribution >= 0.6 is 7.60 Å². The van der Waals surface area contributed by atoms with Crippen LogP contribution in [0.25, 0.3) is 0 Å². The maximum absolute atomic E-state index is 10.3. The monoisotopic (exact) mass is 245 g/mol. The molecule has 0 fully saturated rings. The Balaban J connectivity index is 0. The topological polar surface area (TPSA) is 89.2 Å². The Morgan fingerprint density at radius 1 is 1.13 bits per heavy atom. The van der Waals surface area contributed by atoms with Crippen LogP contribution in [0.1, 0.15) is 5.56 Å². The first-order valence-electron chi connectivity index (χ1n) is 3.83. The second-order valence-corrected chi connectivity index (χ2v) is 4.50. The summed E-state index contributed by atoms with van der Waals surface area (Å²) in [6.45, 7) is 0. The number of anilines is 1. The van der Waals surface area contributed by atoms with Crippen molar-refractivity contribution in [2.45, 2.75) is 6.42 Å². The van der Waals surface area contributed by atoms with Crippen molar-refractivity contribution < 1.29 is 73.5 Å². The van der Waals surface area contributed by atoms with E-state index in [-0.39, 0.29) is 71.7 Å². The molecule has 1 aromatic rings. The van der Waals surface area contributed by atoms with Crippen LogP contribution in [0.15, 0.2) is 24.3 Å². The Labute approximate surface area is 133 Å². The summed E-state index contributed by atoms with van der Waals surface area (Å²) >= 11 is 0. The van der Waals surface area contributed by atoms with Crippen LogP contribution < -0.4 is 74.6 Å². The SMILES string of the molecule is Nc1ccc(CCP(=O)([O-])[O-])cc1.[Na+].[Na+]. The molecule has 0 saturated heterocycles. The summed E-state index contributed by atoms with van der Waals surface area (Å²) < 4.78 is 10.3. The summed E-state index contributed by atoms with van der Waals surface area (Å²) in [5.74, 6) is 0. The molecule has 0 atom stereocenters. The van der Waals surface area contributed by atoms with Gasteiger partial charge in [-0.1, -0.05) is 19.7 Å². The Kier molecular flexibility index (Phi) is 10.2. The van der Waals surface area contributed by atoms with E-state index in [1.54, 1.807) is 24.3 Å². The molecule has 0 aliphatic rings. The van der Waals surface area contributed by atoms with Crippen LogP contribution in [0, 0.1) is 0 Å². The molecule has 0 saturated carbocycles. The third-order valence-electron chi connectivity index (χ3n) is 1.65. The summed E-state index contributed by atoms with van der Waals surface area (Å²) in [4.78, 5) is 20.6. The van der Waals surface area contributed by atoms with E-state index >= 15 is 0 Å². The summed E-state index contributed by atoms with van der Waals surface area (Å²) in [5, 5.41) is 0. The van der Waals surface area contributed by atoms with Crippen molar-refractivity contribution in [1.82, 2.24) is 0 Å². The summed E-state index contributed by atoms with van der Waals surface area (Å²) in [6.07, 6.45) is -0.0819. The summed E-state index contributed by atoms with van der Waals surface area (Å²) in [7, 11) is -4.37. The number of nitrogens with two attached hydrogens (primary N) is 1. The Hall–Kier alpha value is 1.17. The van der Waals surface area contributed by atoms with Crippen LogP contribution in [-0.4, -0.2) is 6.16 Å². The molecule has 15 heavy (non-hydrogen) atoms. The molecule has 0 bridgehead atoms. The molecule has 0 unspecified atom stereocenters. The molecule has 0 amide bonds. The number of benzene rings is 1. The van der Waals surface area contributed by atoms with Crippen molar-refractivity contribution >= 4 is 13.3 Å². The molecule has 1 rings (SSSR count). The maximum atomic E-state index is 10.3. The van der Waals surface area contributed by atoms with Gasteiger partial charge < -0.3 is 20.1 Å². The molecule has 1 aromatic carbocycles. The minimum atomic E-state index is -4.37. The number of hydrogen-bond acceptors (Lipinski definition) is 4. The fourth-order valence-electron chi connectivity index (χ4n) is 0.950. The van der Waals surface area contributed by atoms with Crippen LogP contribution in [0.2, 0.25) is 0 Å². The number of rotatable bonds is 3. The fraction of sp³-hybridized carbons (Fsp3) is 0.250. The van der Waals surface area contributed by atoms with Crippen molar-refractivity contribution in [3.05, 3.63) is 29.8 Å². The molecule has 0 heterocycles. The normalized spacial score (nSPS) is 10.0. The quantitative estimate of drug-likeness (QED) is 0.326. The van der Waals surface area contributed by atoms with Crippen molar-refractivity contribution in [3.8, 4) is 0 Å². The predicted octanol–water partition coefficient (Wildman–Crippen LogP) is -6.27. The third kappa shape index (κ3) is 8.93. The van der Waals surface area contributed by atoms with Gasteiger partial charge in [-0.25, -0.2) is 0 Å². The summed E-state index contributed by atoms with van der Waals surface area (Å²) in [5.41, 5.74) is 6.86. The molecule has 0 spiro atoms. The number of aryl methyl sites for hydroxylation is 1. The first kappa shape index (κ1) is 18.5. The maximum Gasteiger partial charge on any atom is 1.00 e. The van der Waals surface area contributed by atoms with Gasteiger partial charge in [0.25, 0.3) is 0 Å². The van der Waals surface area contributed by atoms with Crippen LogP contribution in [0.5, 0.6) is 0 Å². The van der Waals surface area contributed by atoms with Gasteiger partial charge in [-0.15, -0.1) is 0 Å². The van der Waals surface area contributed by atoms with E-state index in [9.17, 15) is 14.4 Å². The minimum Gasteiger partial charge on any atom is -0.811 e. The van der Waals surface area contributed by atoms with Gasteiger partial charge in [0.15, 0.2) is 0 Å². The van der Waals surface area contributed by atoms with Crippen LogP contribution in [0.4, 0.5) is 5.69 Å². The number of hydrogen-bond donors (Lipinski definition) is 1. The first-order chi connectivity index (χ1) is 5.97. The molecule has 72 valence electrons. The van der Waals surface area contributed by atoms with Gasteiger partial charge >= 0.3 is 59.1 Å². The second kappa shape index (κ2) is 8.29. The van der Waals surface area contributed by atoms with Gasteiger partial charge in [0.05, 0.1) is 0 Å². The number of nitrogen functional groups attached to an aromatic ring is 1. The summed E-state index contributed by atoms with van der Waals surface area (Å²) in [6, 6.07) is 6.78. The van der Waals surface area contributed by atoms with Gasteiger partial charge in [-0.2, -0.15) is 0 Å². The molecule has 7 heteroatoms. The van der Waals surface area contributed by atoms with E-state index in [1.165, 1.54) is 0 Å². The van der Waals surface area contributed by atoms with Gasteiger partial charge in [0, 0.05) is 5.69 Å². The zero-order chi connectivity index (χ0) is 9.90. The van der Waals surface area contributed by atoms with Crippen LogP contribution in [-0.2, 0) is 11.0 Å². The standard InChI is InChI=1S/C8H12NO3P.2Na/c9-8-3-1-7(2-4-8)5-6-13(10,11)12;;/h1-4H,5-6,9H2,(H2,10,11,12);;/q;2*+1/p-2. The smallest absolute Gasteiger partial charge is 0.811 e. The van der Waals surface area contributed by atoms with Crippen LogP contribution in [0.3, 0.4) is 0 Å².